The van der Waals surface area contributed by atoms with Crippen LogP contribution in [0.15, 0.2) is 12.1 Å². The van der Waals surface area contributed by atoms with Gasteiger partial charge in [-0.3, -0.25) is 19.5 Å². The minimum Gasteiger partial charge on any atom is -0.459 e. The Morgan fingerprint density at radius 2 is 0.667 bits per heavy atom. The van der Waals surface area contributed by atoms with E-state index in [2.05, 4.69) is 119 Å². The highest BCUT2D eigenvalue weighted by Gasteiger charge is 2.47. The van der Waals surface area contributed by atoms with Gasteiger partial charge in [-0.1, -0.05) is 0 Å². The molecule has 3 saturated heterocycles. The van der Waals surface area contributed by atoms with Crippen LogP contribution in [0, 0.1) is 0 Å². The van der Waals surface area contributed by atoms with Crippen molar-refractivity contribution in [2.45, 2.75) is 173 Å². The first-order valence-corrected chi connectivity index (χ1v) is 19.3. The van der Waals surface area contributed by atoms with Crippen LogP contribution >= 0.6 is 22.6 Å². The van der Waals surface area contributed by atoms with E-state index in [1.807, 2.05) is 0 Å². The number of ether oxygens (including phenoxy) is 3. The van der Waals surface area contributed by atoms with Crippen LogP contribution < -0.4 is 0 Å². The fourth-order valence-corrected chi connectivity index (χ4v) is 9.45. The predicted octanol–water partition coefficient (Wildman–Crippen LogP) is 7.69. The topological polar surface area (TPSA) is 106 Å². The summed E-state index contributed by atoms with van der Waals surface area (Å²) < 4.78 is 18.0. The van der Waals surface area contributed by atoms with Crippen LogP contribution in [-0.4, -0.2) is 109 Å². The lowest BCUT2D eigenvalue weighted by molar-refractivity contribution is -0.0752. The summed E-state index contributed by atoms with van der Waals surface area (Å²) in [6.45, 7) is 25.4. The van der Waals surface area contributed by atoms with Gasteiger partial charge in [-0.25, -0.2) is 14.4 Å². The molecule has 0 bridgehead atoms. The molecule has 4 rings (SSSR count). The van der Waals surface area contributed by atoms with Gasteiger partial charge in [0.15, 0.2) is 0 Å². The quantitative estimate of drug-likeness (QED) is 0.118. The zero-order valence-electron chi connectivity index (χ0n) is 33.7. The third-order valence-electron chi connectivity index (χ3n) is 12.7. The van der Waals surface area contributed by atoms with Gasteiger partial charge < -0.3 is 14.2 Å². The molecule has 0 saturated carbocycles. The van der Waals surface area contributed by atoms with E-state index in [1.54, 1.807) is 22.6 Å². The van der Waals surface area contributed by atoms with Crippen molar-refractivity contribution >= 4 is 44.3 Å². The molecule has 11 heteroatoms. The Bertz CT molecular complexity index is 1510. The van der Waals surface area contributed by atoms with E-state index >= 15 is 0 Å². The second kappa shape index (κ2) is 14.0. The maximum Gasteiger partial charge on any atom is 0.339 e. The molecule has 0 aliphatic carbocycles. The minimum atomic E-state index is -0.741. The number of hydrogen-bond donors (Lipinski definition) is 0. The van der Waals surface area contributed by atoms with Crippen LogP contribution in [0.2, 0.25) is 0 Å². The average molecular weight is 824 g/mol. The molecule has 0 aromatic heterocycles. The van der Waals surface area contributed by atoms with Gasteiger partial charge in [-0.05, 0) is 116 Å². The Hall–Kier alpha value is -2.09. The molecule has 1 aromatic carbocycles. The fourth-order valence-electron chi connectivity index (χ4n) is 9.00. The van der Waals surface area contributed by atoms with Crippen molar-refractivity contribution in [3.63, 3.8) is 0 Å². The monoisotopic (exact) mass is 823 g/mol. The third-order valence-corrected chi connectivity index (χ3v) is 13.2. The molecule has 0 spiro atoms. The van der Waals surface area contributed by atoms with Gasteiger partial charge in [0.05, 0.1) is 16.7 Å². The molecule has 51 heavy (non-hydrogen) atoms. The van der Waals surface area contributed by atoms with Crippen LogP contribution in [0.25, 0.3) is 0 Å². The van der Waals surface area contributed by atoms with Gasteiger partial charge in [0, 0.05) is 99.9 Å². The molecule has 3 heterocycles. The molecule has 286 valence electrons. The van der Waals surface area contributed by atoms with E-state index in [1.165, 1.54) is 12.1 Å². The van der Waals surface area contributed by atoms with Gasteiger partial charge in [0.2, 0.25) is 3.79 Å². The standard InChI is InChI=1S/C40H62IN3O7/c1-35(2)18-24(19-36(3,4)42(35)13)49-32(46)28-17-30(34(48)51-26-22-39(9,10)44(15)40(11,12)23-26)29(16-27(28)31(41)45)33(47)50-25-20-37(5,6)43(14)38(7,8)21-25/h16-17,24-26H,18-23H2,1-15H3. The van der Waals surface area contributed by atoms with Crippen LogP contribution in [0.1, 0.15) is 163 Å². The maximum absolute atomic E-state index is 14.2. The number of carbonyl (C=O) groups excluding carboxylic acids is 4. The van der Waals surface area contributed by atoms with Gasteiger partial charge in [-0.2, -0.15) is 0 Å². The van der Waals surface area contributed by atoms with Crippen LogP contribution in [0.3, 0.4) is 0 Å². The van der Waals surface area contributed by atoms with E-state index < -0.39 is 40.0 Å². The molecule has 3 aliphatic rings. The van der Waals surface area contributed by atoms with Crippen molar-refractivity contribution in [2.75, 3.05) is 21.1 Å². The Labute approximate surface area is 319 Å². The molecule has 0 atom stereocenters. The SMILES string of the molecule is CN1C(C)(C)CC(OC(=O)c2cc(C(=O)OC3CC(C)(C)N(C)C(C)(C)C3)c(C(=O)OC3CC(C)(C)N(C)C(C)(C)C3)cc2C(=O)I)CC1(C)C. The summed E-state index contributed by atoms with van der Waals surface area (Å²) in [7, 11) is 6.21. The van der Waals surface area contributed by atoms with Gasteiger partial charge in [0.25, 0.3) is 0 Å². The molecule has 1 aromatic rings. The third kappa shape index (κ3) is 8.67. The van der Waals surface area contributed by atoms with E-state index in [0.717, 1.165) is 0 Å². The molecule has 0 N–H and O–H groups in total. The van der Waals surface area contributed by atoms with Gasteiger partial charge >= 0.3 is 17.9 Å². The number of esters is 3. The Kier molecular flexibility index (Phi) is 11.4. The molecule has 3 fully saturated rings. The molecular weight excluding hydrogens is 761 g/mol. The smallest absolute Gasteiger partial charge is 0.339 e. The lowest BCUT2D eigenvalue weighted by atomic mass is 9.78. The van der Waals surface area contributed by atoms with E-state index in [0.29, 0.717) is 38.5 Å². The lowest BCUT2D eigenvalue weighted by Crippen LogP contribution is -2.60. The van der Waals surface area contributed by atoms with E-state index in [9.17, 15) is 19.2 Å². The summed E-state index contributed by atoms with van der Waals surface area (Å²) in [5, 5.41) is 0. The Morgan fingerprint density at radius 3 is 0.882 bits per heavy atom. The summed E-state index contributed by atoms with van der Waals surface area (Å²) in [4.78, 5) is 62.4. The Morgan fingerprint density at radius 1 is 0.471 bits per heavy atom. The van der Waals surface area contributed by atoms with Gasteiger partial charge in [0.1, 0.15) is 18.3 Å². The van der Waals surface area contributed by atoms with E-state index in [4.69, 9.17) is 14.2 Å². The largest absolute Gasteiger partial charge is 0.459 e. The number of nitrogens with zero attached hydrogens (tertiary/aromatic N) is 3. The maximum atomic E-state index is 14.2. The molecule has 0 unspecified atom stereocenters. The number of piperidine rings is 3. The predicted molar refractivity (Wildman–Crippen MR) is 208 cm³/mol. The van der Waals surface area contributed by atoms with Crippen molar-refractivity contribution in [1.82, 2.24) is 14.7 Å². The number of hydrogen-bond acceptors (Lipinski definition) is 10. The first kappa shape index (κ1) is 41.7. The molecular formula is C40H62IN3O7. The summed E-state index contributed by atoms with van der Waals surface area (Å²) in [6, 6.07) is 2.63. The van der Waals surface area contributed by atoms with Crippen LogP contribution in [-0.2, 0) is 14.2 Å². The number of rotatable bonds is 7. The number of likely N-dealkylation sites (tertiary alicyclic amines) is 3. The van der Waals surface area contributed by atoms with Gasteiger partial charge in [-0.15, -0.1) is 0 Å². The van der Waals surface area contributed by atoms with Crippen molar-refractivity contribution in [2.24, 2.45) is 0 Å². The first-order chi connectivity index (χ1) is 23.0. The van der Waals surface area contributed by atoms with Crippen LogP contribution in [0.5, 0.6) is 0 Å². The highest BCUT2D eigenvalue weighted by atomic mass is 127. The average Bonchev–Trinajstić information content (AvgIpc) is 2.95. The van der Waals surface area contributed by atoms with Crippen molar-refractivity contribution < 1.29 is 33.4 Å². The molecule has 0 radical (unpaired) electrons. The van der Waals surface area contributed by atoms with Crippen molar-refractivity contribution in [3.05, 3.63) is 34.4 Å². The highest BCUT2D eigenvalue weighted by molar-refractivity contribution is 14.1. The normalized spacial score (nSPS) is 25.2. The molecule has 0 amide bonds. The number of carbonyl (C=O) groups is 4. The highest BCUT2D eigenvalue weighted by Crippen LogP contribution is 2.41. The lowest BCUT2D eigenvalue weighted by Gasteiger charge is -2.53. The number of halogens is 1. The van der Waals surface area contributed by atoms with Crippen molar-refractivity contribution in [3.8, 4) is 0 Å². The second-order valence-corrected chi connectivity index (χ2v) is 20.1. The Balaban J connectivity index is 1.75. The molecule has 10 nitrogen and oxygen atoms in total. The minimum absolute atomic E-state index is 0.0128. The summed E-state index contributed by atoms with van der Waals surface area (Å²) in [5.41, 5.74) is -1.81. The molecule has 3 aliphatic heterocycles. The summed E-state index contributed by atoms with van der Waals surface area (Å²) in [6.07, 6.45) is 2.23. The number of benzene rings is 1. The second-order valence-electron chi connectivity index (χ2n) is 19.1. The zero-order chi connectivity index (χ0) is 38.9. The zero-order valence-corrected chi connectivity index (χ0v) is 35.9. The van der Waals surface area contributed by atoms with Crippen LogP contribution in [0.4, 0.5) is 0 Å². The van der Waals surface area contributed by atoms with E-state index in [-0.39, 0.29) is 55.5 Å². The first-order valence-electron chi connectivity index (χ1n) is 18.2. The summed E-state index contributed by atoms with van der Waals surface area (Å²) in [5.74, 6) is -2.19. The summed E-state index contributed by atoms with van der Waals surface area (Å²) >= 11 is 1.61. The van der Waals surface area contributed by atoms with Crippen molar-refractivity contribution in [1.29, 1.82) is 0 Å². The fraction of sp³-hybridized carbons (Fsp3) is 0.750.